The maximum atomic E-state index is 5.49. The van der Waals surface area contributed by atoms with Crippen LogP contribution in [0.4, 0.5) is 0 Å². The van der Waals surface area contributed by atoms with Crippen molar-refractivity contribution in [2.75, 3.05) is 26.3 Å². The molecule has 2 aliphatic heterocycles. The van der Waals surface area contributed by atoms with Crippen LogP contribution in [0.2, 0.25) is 0 Å². The molecule has 0 saturated carbocycles. The minimum absolute atomic E-state index is 0.607. The first-order chi connectivity index (χ1) is 7.25. The molecular formula is C12H24N2O. The van der Waals surface area contributed by atoms with Gasteiger partial charge in [-0.2, -0.15) is 0 Å². The van der Waals surface area contributed by atoms with Crippen LogP contribution < -0.4 is 5.32 Å². The first-order valence-electron chi connectivity index (χ1n) is 6.33. The van der Waals surface area contributed by atoms with Crippen molar-refractivity contribution >= 4 is 0 Å². The average molecular weight is 212 g/mol. The van der Waals surface area contributed by atoms with E-state index in [4.69, 9.17) is 4.74 Å². The molecule has 0 aromatic heterocycles. The second kappa shape index (κ2) is 5.28. The van der Waals surface area contributed by atoms with Crippen molar-refractivity contribution in [1.29, 1.82) is 0 Å². The fourth-order valence-electron chi connectivity index (χ4n) is 2.60. The fourth-order valence-corrected chi connectivity index (χ4v) is 2.60. The number of ether oxygens (including phenoxy) is 1. The standard InChI is InChI=1S/C12H24N2O/c1-10(2)14-6-5-11(8-14)13-12-4-3-7-15-9-12/h10-13H,3-9H2,1-2H3. The summed E-state index contributed by atoms with van der Waals surface area (Å²) in [6.45, 7) is 8.91. The molecule has 2 fully saturated rings. The molecule has 0 radical (unpaired) electrons. The molecule has 0 aromatic rings. The molecule has 0 bridgehead atoms. The molecule has 2 atom stereocenters. The number of likely N-dealkylation sites (tertiary alicyclic amines) is 1. The Morgan fingerprint density at radius 2 is 2.13 bits per heavy atom. The van der Waals surface area contributed by atoms with Gasteiger partial charge in [-0.3, -0.25) is 4.90 Å². The van der Waals surface area contributed by atoms with Gasteiger partial charge >= 0.3 is 0 Å². The number of hydrogen-bond acceptors (Lipinski definition) is 3. The maximum Gasteiger partial charge on any atom is 0.0619 e. The summed E-state index contributed by atoms with van der Waals surface area (Å²) >= 11 is 0. The Balaban J connectivity index is 1.71. The SMILES string of the molecule is CC(C)N1CCC(NC2CCCOC2)C1. The number of hydrogen-bond donors (Lipinski definition) is 1. The third-order valence-electron chi connectivity index (χ3n) is 3.58. The maximum absolute atomic E-state index is 5.49. The Morgan fingerprint density at radius 1 is 1.27 bits per heavy atom. The zero-order chi connectivity index (χ0) is 10.7. The van der Waals surface area contributed by atoms with Crippen LogP contribution in [0.5, 0.6) is 0 Å². The van der Waals surface area contributed by atoms with Crippen molar-refractivity contribution in [3.63, 3.8) is 0 Å². The molecule has 88 valence electrons. The predicted molar refractivity (Wildman–Crippen MR) is 62.1 cm³/mol. The summed E-state index contributed by atoms with van der Waals surface area (Å²) in [5.41, 5.74) is 0. The van der Waals surface area contributed by atoms with Crippen LogP contribution in [-0.2, 0) is 4.74 Å². The molecular weight excluding hydrogens is 188 g/mol. The highest BCUT2D eigenvalue weighted by atomic mass is 16.5. The second-order valence-electron chi connectivity index (χ2n) is 5.16. The van der Waals surface area contributed by atoms with Crippen LogP contribution in [0.15, 0.2) is 0 Å². The summed E-state index contributed by atoms with van der Waals surface area (Å²) in [6.07, 6.45) is 3.81. The summed E-state index contributed by atoms with van der Waals surface area (Å²) in [5, 5.41) is 3.74. The van der Waals surface area contributed by atoms with Crippen LogP contribution >= 0.6 is 0 Å². The monoisotopic (exact) mass is 212 g/mol. The van der Waals surface area contributed by atoms with E-state index in [1.807, 2.05) is 0 Å². The smallest absolute Gasteiger partial charge is 0.0619 e. The minimum atomic E-state index is 0.607. The van der Waals surface area contributed by atoms with E-state index < -0.39 is 0 Å². The first-order valence-corrected chi connectivity index (χ1v) is 6.33. The Labute approximate surface area is 93.2 Å². The largest absolute Gasteiger partial charge is 0.380 e. The zero-order valence-corrected chi connectivity index (χ0v) is 10.0. The van der Waals surface area contributed by atoms with E-state index in [0.717, 1.165) is 13.2 Å². The van der Waals surface area contributed by atoms with Gasteiger partial charge in [-0.25, -0.2) is 0 Å². The quantitative estimate of drug-likeness (QED) is 0.762. The third kappa shape index (κ3) is 3.16. The van der Waals surface area contributed by atoms with Gasteiger partial charge in [-0.1, -0.05) is 0 Å². The van der Waals surface area contributed by atoms with Gasteiger partial charge < -0.3 is 10.1 Å². The highest BCUT2D eigenvalue weighted by molar-refractivity contribution is 4.85. The van der Waals surface area contributed by atoms with E-state index in [0.29, 0.717) is 18.1 Å². The summed E-state index contributed by atoms with van der Waals surface area (Å²) in [7, 11) is 0. The number of nitrogens with one attached hydrogen (secondary N) is 1. The Morgan fingerprint density at radius 3 is 2.73 bits per heavy atom. The van der Waals surface area contributed by atoms with Gasteiger partial charge in [0.1, 0.15) is 0 Å². The molecule has 3 heteroatoms. The predicted octanol–water partition coefficient (Wildman–Crippen LogP) is 1.24. The second-order valence-corrected chi connectivity index (χ2v) is 5.16. The molecule has 2 aliphatic rings. The minimum Gasteiger partial charge on any atom is -0.380 e. The Kier molecular flexibility index (Phi) is 4.00. The van der Waals surface area contributed by atoms with Gasteiger partial charge in [0.25, 0.3) is 0 Å². The lowest BCUT2D eigenvalue weighted by Crippen LogP contribution is -2.44. The molecule has 3 nitrogen and oxygen atoms in total. The van der Waals surface area contributed by atoms with Gasteiger partial charge in [0.2, 0.25) is 0 Å². The van der Waals surface area contributed by atoms with E-state index in [2.05, 4.69) is 24.1 Å². The van der Waals surface area contributed by atoms with Gasteiger partial charge in [-0.05, 0) is 39.7 Å². The molecule has 0 aromatic carbocycles. The molecule has 2 rings (SSSR count). The van der Waals surface area contributed by atoms with E-state index in [1.165, 1.54) is 32.4 Å². The van der Waals surface area contributed by atoms with E-state index >= 15 is 0 Å². The molecule has 1 N–H and O–H groups in total. The number of rotatable bonds is 3. The van der Waals surface area contributed by atoms with Gasteiger partial charge in [-0.15, -0.1) is 0 Å². The molecule has 15 heavy (non-hydrogen) atoms. The van der Waals surface area contributed by atoms with Crippen molar-refractivity contribution in [1.82, 2.24) is 10.2 Å². The Hall–Kier alpha value is -0.120. The summed E-state index contributed by atoms with van der Waals surface area (Å²) in [4.78, 5) is 2.56. The van der Waals surface area contributed by atoms with Crippen LogP contribution in [0.3, 0.4) is 0 Å². The van der Waals surface area contributed by atoms with Crippen molar-refractivity contribution in [3.05, 3.63) is 0 Å². The van der Waals surface area contributed by atoms with Crippen molar-refractivity contribution < 1.29 is 4.74 Å². The molecule has 2 saturated heterocycles. The summed E-state index contributed by atoms with van der Waals surface area (Å²) < 4.78 is 5.49. The average Bonchev–Trinajstić information content (AvgIpc) is 2.68. The molecule has 0 spiro atoms. The van der Waals surface area contributed by atoms with Crippen LogP contribution in [0.25, 0.3) is 0 Å². The van der Waals surface area contributed by atoms with Crippen LogP contribution in [0, 0.1) is 0 Å². The van der Waals surface area contributed by atoms with Crippen LogP contribution in [0.1, 0.15) is 33.1 Å². The molecule has 0 aliphatic carbocycles. The molecule has 2 heterocycles. The normalized spacial score (nSPS) is 33.8. The van der Waals surface area contributed by atoms with E-state index in [9.17, 15) is 0 Å². The topological polar surface area (TPSA) is 24.5 Å². The lowest BCUT2D eigenvalue weighted by molar-refractivity contribution is 0.0665. The highest BCUT2D eigenvalue weighted by Crippen LogP contribution is 2.15. The summed E-state index contributed by atoms with van der Waals surface area (Å²) in [5.74, 6) is 0. The van der Waals surface area contributed by atoms with Crippen molar-refractivity contribution in [2.24, 2.45) is 0 Å². The summed E-state index contributed by atoms with van der Waals surface area (Å²) in [6, 6.07) is 1.99. The van der Waals surface area contributed by atoms with Gasteiger partial charge in [0.05, 0.1) is 6.61 Å². The van der Waals surface area contributed by atoms with Gasteiger partial charge in [0.15, 0.2) is 0 Å². The molecule has 2 unspecified atom stereocenters. The van der Waals surface area contributed by atoms with Gasteiger partial charge in [0, 0.05) is 31.3 Å². The van der Waals surface area contributed by atoms with E-state index in [1.54, 1.807) is 0 Å². The first kappa shape index (κ1) is 11.4. The lowest BCUT2D eigenvalue weighted by atomic mass is 10.1. The van der Waals surface area contributed by atoms with Crippen molar-refractivity contribution in [2.45, 2.75) is 51.2 Å². The Bertz CT molecular complexity index is 190. The van der Waals surface area contributed by atoms with E-state index in [-0.39, 0.29) is 0 Å². The zero-order valence-electron chi connectivity index (χ0n) is 10.0. The van der Waals surface area contributed by atoms with Crippen LogP contribution in [-0.4, -0.2) is 49.3 Å². The lowest BCUT2D eigenvalue weighted by Gasteiger charge is -2.27. The fraction of sp³-hybridized carbons (Fsp3) is 1.00. The van der Waals surface area contributed by atoms with Crippen molar-refractivity contribution in [3.8, 4) is 0 Å². The third-order valence-corrected chi connectivity index (χ3v) is 3.58. The number of nitrogens with zero attached hydrogens (tertiary/aromatic N) is 1. The highest BCUT2D eigenvalue weighted by Gasteiger charge is 2.26. The molecule has 0 amide bonds.